The van der Waals surface area contributed by atoms with Crippen molar-refractivity contribution in [3.63, 3.8) is 0 Å². The van der Waals surface area contributed by atoms with E-state index in [9.17, 15) is 4.79 Å². The summed E-state index contributed by atoms with van der Waals surface area (Å²) in [5, 5.41) is 10.9. The standard InChI is InChI=1S/C36H37Cl2N7O3/c1-45-20-23(16-40-19-25-11-13-48-25)34-30(45)14-22(17-42-34)35-33(38)27(10-12-41-35)26-4-3-5-28(32(26)37)29-8-6-21(36(44-29)47-2)15-39-18-24-7-9-31(46)43-24/h3-6,8,10,12,14,17,20,24-25,39-40H,7,9,11,13,15-16,18-19H2,1-2H3,(H,43,46)/t24-,25+/m1/s1. The Hall–Kier alpha value is -4.06. The highest BCUT2D eigenvalue weighted by molar-refractivity contribution is 6.39. The van der Waals surface area contributed by atoms with E-state index in [4.69, 9.17) is 42.6 Å². The van der Waals surface area contributed by atoms with Crippen LogP contribution in [0.4, 0.5) is 0 Å². The van der Waals surface area contributed by atoms with E-state index in [1.165, 1.54) is 0 Å². The van der Waals surface area contributed by atoms with Crippen LogP contribution in [0.25, 0.3) is 44.7 Å². The number of rotatable bonds is 12. The average Bonchev–Trinajstić information content (AvgIpc) is 3.64. The Morgan fingerprint density at radius 3 is 2.56 bits per heavy atom. The smallest absolute Gasteiger partial charge is 0.220 e. The van der Waals surface area contributed by atoms with Crippen molar-refractivity contribution in [2.75, 3.05) is 26.8 Å². The molecule has 1 amide bonds. The van der Waals surface area contributed by atoms with E-state index in [0.29, 0.717) is 59.5 Å². The van der Waals surface area contributed by atoms with Crippen LogP contribution >= 0.6 is 23.2 Å². The molecular formula is C36H37Cl2N7O3. The maximum absolute atomic E-state index is 11.5. The molecule has 0 spiro atoms. The van der Waals surface area contributed by atoms with E-state index >= 15 is 0 Å². The number of hydrogen-bond donors (Lipinski definition) is 3. The molecule has 4 aromatic heterocycles. The fourth-order valence-corrected chi connectivity index (χ4v) is 6.99. The van der Waals surface area contributed by atoms with E-state index in [1.807, 2.05) is 49.6 Å². The van der Waals surface area contributed by atoms with Gasteiger partial charge in [-0.05, 0) is 31.0 Å². The lowest BCUT2D eigenvalue weighted by Crippen LogP contribution is -2.36. The number of aromatic nitrogens is 4. The van der Waals surface area contributed by atoms with Crippen molar-refractivity contribution in [1.82, 2.24) is 35.5 Å². The second kappa shape index (κ2) is 14.2. The fraction of sp³-hybridized carbons (Fsp3) is 0.333. The zero-order valence-electron chi connectivity index (χ0n) is 26.9. The normalized spacial score (nSPS) is 17.5. The molecule has 10 nitrogen and oxygen atoms in total. The van der Waals surface area contributed by atoms with Gasteiger partial charge in [0.25, 0.3) is 0 Å². The van der Waals surface area contributed by atoms with Crippen molar-refractivity contribution >= 4 is 40.1 Å². The van der Waals surface area contributed by atoms with E-state index in [0.717, 1.165) is 70.4 Å². The van der Waals surface area contributed by atoms with Gasteiger partial charge >= 0.3 is 0 Å². The Balaban J connectivity index is 1.12. The molecule has 6 heterocycles. The zero-order valence-corrected chi connectivity index (χ0v) is 28.4. The number of carbonyl (C=O) groups is 1. The highest BCUT2D eigenvalue weighted by atomic mass is 35.5. The number of benzene rings is 1. The summed E-state index contributed by atoms with van der Waals surface area (Å²) in [4.78, 5) is 25.8. The zero-order chi connectivity index (χ0) is 33.2. The van der Waals surface area contributed by atoms with Crippen molar-refractivity contribution in [3.05, 3.63) is 82.2 Å². The molecule has 3 N–H and O–H groups in total. The van der Waals surface area contributed by atoms with Crippen molar-refractivity contribution in [2.24, 2.45) is 7.05 Å². The molecule has 5 aromatic rings. The van der Waals surface area contributed by atoms with Gasteiger partial charge in [-0.3, -0.25) is 14.8 Å². The molecule has 2 atom stereocenters. The SMILES string of the molecule is COc1nc(-c2cccc(-c3ccnc(-c4cnc5c(CNC[C@@H]6CCO6)cn(C)c5c4)c3Cl)c2Cl)ccc1CNC[C@H]1CCC(=O)N1. The minimum absolute atomic E-state index is 0.104. The number of nitrogens with zero attached hydrogens (tertiary/aromatic N) is 4. The third kappa shape index (κ3) is 6.63. The molecule has 0 aliphatic carbocycles. The third-order valence-electron chi connectivity index (χ3n) is 9.03. The van der Waals surface area contributed by atoms with Gasteiger partial charge in [-0.25, -0.2) is 4.98 Å². The van der Waals surface area contributed by atoms with Crippen LogP contribution in [0.5, 0.6) is 5.88 Å². The van der Waals surface area contributed by atoms with Gasteiger partial charge < -0.3 is 30.0 Å². The molecule has 12 heteroatoms. The number of hydrogen-bond acceptors (Lipinski definition) is 8. The largest absolute Gasteiger partial charge is 0.481 e. The highest BCUT2D eigenvalue weighted by Gasteiger charge is 2.22. The van der Waals surface area contributed by atoms with Crippen molar-refractivity contribution < 1.29 is 14.3 Å². The van der Waals surface area contributed by atoms with Gasteiger partial charge in [0.05, 0.1) is 45.7 Å². The molecule has 248 valence electrons. The first-order valence-corrected chi connectivity index (χ1v) is 16.9. The van der Waals surface area contributed by atoms with Crippen LogP contribution in [0.3, 0.4) is 0 Å². The first-order chi connectivity index (χ1) is 23.4. The third-order valence-corrected chi connectivity index (χ3v) is 9.82. The van der Waals surface area contributed by atoms with Crippen LogP contribution in [0.15, 0.2) is 61.1 Å². The summed E-state index contributed by atoms with van der Waals surface area (Å²) in [6.45, 7) is 3.64. The first kappa shape index (κ1) is 32.5. The predicted molar refractivity (Wildman–Crippen MR) is 188 cm³/mol. The second-order valence-electron chi connectivity index (χ2n) is 12.3. The lowest BCUT2D eigenvalue weighted by molar-refractivity contribution is -0.119. The summed E-state index contributed by atoms with van der Waals surface area (Å²) in [5.74, 6) is 0.614. The summed E-state index contributed by atoms with van der Waals surface area (Å²) in [7, 11) is 3.63. The number of carbonyl (C=O) groups excluding carboxylic acids is 1. The monoisotopic (exact) mass is 685 g/mol. The highest BCUT2D eigenvalue weighted by Crippen LogP contribution is 2.42. The molecule has 7 rings (SSSR count). The van der Waals surface area contributed by atoms with Gasteiger partial charge in [-0.1, -0.05) is 47.5 Å². The van der Waals surface area contributed by atoms with Gasteiger partial charge in [-0.15, -0.1) is 0 Å². The molecule has 2 aliphatic rings. The first-order valence-electron chi connectivity index (χ1n) is 16.1. The van der Waals surface area contributed by atoms with Crippen LogP contribution < -0.4 is 20.7 Å². The summed E-state index contributed by atoms with van der Waals surface area (Å²) in [6.07, 6.45) is 8.51. The minimum Gasteiger partial charge on any atom is -0.481 e. The van der Waals surface area contributed by atoms with Crippen LogP contribution in [0.1, 0.15) is 30.4 Å². The van der Waals surface area contributed by atoms with Gasteiger partial charge in [0.1, 0.15) is 0 Å². The van der Waals surface area contributed by atoms with Crippen LogP contribution in [-0.2, 0) is 29.7 Å². The quantitative estimate of drug-likeness (QED) is 0.148. The molecular weight excluding hydrogens is 649 g/mol. The van der Waals surface area contributed by atoms with Crippen LogP contribution in [-0.4, -0.2) is 64.4 Å². The maximum atomic E-state index is 11.5. The van der Waals surface area contributed by atoms with Crippen LogP contribution in [0.2, 0.25) is 10.0 Å². The molecule has 0 bridgehead atoms. The summed E-state index contributed by atoms with van der Waals surface area (Å²) in [6, 6.07) is 13.8. The number of ether oxygens (including phenoxy) is 2. The van der Waals surface area contributed by atoms with E-state index in [1.54, 1.807) is 13.3 Å². The predicted octanol–water partition coefficient (Wildman–Crippen LogP) is 5.93. The van der Waals surface area contributed by atoms with Crippen molar-refractivity contribution in [3.8, 4) is 39.5 Å². The fourth-order valence-electron chi connectivity index (χ4n) is 6.34. The summed E-state index contributed by atoms with van der Waals surface area (Å²) < 4.78 is 13.3. The molecule has 0 saturated carbocycles. The van der Waals surface area contributed by atoms with Crippen molar-refractivity contribution in [1.29, 1.82) is 0 Å². The molecule has 1 aromatic carbocycles. The lowest BCUT2D eigenvalue weighted by Gasteiger charge is -2.26. The molecule has 2 saturated heterocycles. The number of amides is 1. The summed E-state index contributed by atoms with van der Waals surface area (Å²) >= 11 is 14.2. The Morgan fingerprint density at radius 2 is 1.79 bits per heavy atom. The summed E-state index contributed by atoms with van der Waals surface area (Å²) in [5.41, 5.74) is 8.39. The molecule has 2 aliphatic heterocycles. The number of fused-ring (bicyclic) bond motifs is 1. The van der Waals surface area contributed by atoms with Crippen molar-refractivity contribution in [2.45, 2.75) is 44.5 Å². The Labute approximate surface area is 289 Å². The van der Waals surface area contributed by atoms with Gasteiger partial charge in [0.15, 0.2) is 0 Å². The number of methoxy groups -OCH3 is 1. The number of halogens is 2. The Bertz CT molecular complexity index is 1980. The second-order valence-corrected chi connectivity index (χ2v) is 13.0. The molecule has 48 heavy (non-hydrogen) atoms. The Morgan fingerprint density at radius 1 is 1.00 bits per heavy atom. The minimum atomic E-state index is 0.104. The van der Waals surface area contributed by atoms with Gasteiger partial charge in [0, 0.05) is 104 Å². The topological polar surface area (TPSA) is 115 Å². The molecule has 0 radical (unpaired) electrons. The molecule has 2 fully saturated rings. The average molecular weight is 687 g/mol. The number of aryl methyl sites for hydroxylation is 1. The van der Waals surface area contributed by atoms with Gasteiger partial charge in [-0.2, -0.15) is 0 Å². The van der Waals surface area contributed by atoms with E-state index in [-0.39, 0.29) is 11.9 Å². The molecule has 0 unspecified atom stereocenters. The van der Waals surface area contributed by atoms with E-state index in [2.05, 4.69) is 37.8 Å². The maximum Gasteiger partial charge on any atom is 0.220 e. The lowest BCUT2D eigenvalue weighted by atomic mass is 9.99. The van der Waals surface area contributed by atoms with E-state index < -0.39 is 0 Å². The Kier molecular flexibility index (Phi) is 9.61. The number of pyridine rings is 3. The number of nitrogens with one attached hydrogen (secondary N) is 3. The van der Waals surface area contributed by atoms with Crippen LogP contribution in [0, 0.1) is 0 Å². The van der Waals surface area contributed by atoms with Gasteiger partial charge in [0.2, 0.25) is 11.8 Å².